The van der Waals surface area contributed by atoms with Crippen LogP contribution in [-0.2, 0) is 4.79 Å². The van der Waals surface area contributed by atoms with Crippen molar-refractivity contribution in [2.75, 3.05) is 29.4 Å². The fraction of sp³-hybridized carbons (Fsp3) is 0.304. The molecule has 0 spiro atoms. The summed E-state index contributed by atoms with van der Waals surface area (Å²) in [5.74, 6) is 7.59. The van der Waals surface area contributed by atoms with Gasteiger partial charge in [0, 0.05) is 5.69 Å². The Bertz CT molecular complexity index is 1100. The zero-order valence-corrected chi connectivity index (χ0v) is 20.0. The van der Waals surface area contributed by atoms with E-state index in [1.165, 1.54) is 22.0 Å². The minimum absolute atomic E-state index is 0.149. The smallest absolute Gasteiger partial charge is 0.264 e. The van der Waals surface area contributed by atoms with Crippen molar-refractivity contribution in [1.82, 2.24) is 14.9 Å². The monoisotopic (exact) mass is 467 g/mol. The maximum Gasteiger partial charge on any atom is 0.264 e. The van der Waals surface area contributed by atoms with Crippen LogP contribution in [0.25, 0.3) is 0 Å². The largest absolute Gasteiger partial charge is 0.497 e. The highest BCUT2D eigenvalue weighted by molar-refractivity contribution is 7.99. The average molecular weight is 468 g/mol. The van der Waals surface area contributed by atoms with Gasteiger partial charge in [-0.1, -0.05) is 37.7 Å². The molecular weight excluding hydrogens is 438 g/mol. The number of nitrogen functional groups attached to an aromatic ring is 1. The van der Waals surface area contributed by atoms with Gasteiger partial charge in [-0.2, -0.15) is 5.10 Å². The van der Waals surface area contributed by atoms with E-state index in [0.717, 1.165) is 29.1 Å². The molecule has 3 aromatic rings. The molecule has 0 fully saturated rings. The molecule has 1 unspecified atom stereocenters. The second-order valence-corrected chi connectivity index (χ2v) is 8.42. The van der Waals surface area contributed by atoms with E-state index in [1.54, 1.807) is 7.11 Å². The third-order valence-electron chi connectivity index (χ3n) is 5.20. The number of thioether (sulfide) groups is 1. The van der Waals surface area contributed by atoms with Crippen molar-refractivity contribution in [3.05, 3.63) is 59.7 Å². The SMILES string of the molecule is CCC(C)c1ccc(NC(=O)CSc2nnc(N/N=C(\C)c3ccc(OC)cc3)n2N)cc1. The van der Waals surface area contributed by atoms with Crippen molar-refractivity contribution >= 4 is 35.0 Å². The van der Waals surface area contributed by atoms with Crippen LogP contribution in [0.3, 0.4) is 0 Å². The van der Waals surface area contributed by atoms with Gasteiger partial charge in [-0.05, 0) is 66.8 Å². The normalized spacial score (nSPS) is 12.3. The standard InChI is InChI=1S/C23H29N7O2S/c1-5-15(2)17-6-10-19(11-7-17)25-21(31)14-33-23-29-28-22(30(23)24)27-26-16(3)18-8-12-20(32-4)13-9-18/h6-13,15H,5,14,24H2,1-4H3,(H,25,31)(H,27,28)/b26-16+. The first kappa shape index (κ1) is 24.1. The lowest BCUT2D eigenvalue weighted by molar-refractivity contribution is -0.113. The number of rotatable bonds is 10. The summed E-state index contributed by atoms with van der Waals surface area (Å²) >= 11 is 1.19. The van der Waals surface area contributed by atoms with E-state index >= 15 is 0 Å². The van der Waals surface area contributed by atoms with E-state index in [-0.39, 0.29) is 17.6 Å². The van der Waals surface area contributed by atoms with Crippen molar-refractivity contribution < 1.29 is 9.53 Å². The number of carbonyl (C=O) groups excluding carboxylic acids is 1. The molecule has 10 heteroatoms. The quantitative estimate of drug-likeness (QED) is 0.178. The van der Waals surface area contributed by atoms with Gasteiger partial charge < -0.3 is 15.9 Å². The topological polar surface area (TPSA) is 119 Å². The molecule has 0 bridgehead atoms. The molecule has 9 nitrogen and oxygen atoms in total. The lowest BCUT2D eigenvalue weighted by Crippen LogP contribution is -2.17. The lowest BCUT2D eigenvalue weighted by Gasteiger charge is -2.10. The molecule has 1 atom stereocenters. The maximum atomic E-state index is 12.3. The van der Waals surface area contributed by atoms with Gasteiger partial charge in [0.2, 0.25) is 11.1 Å². The van der Waals surface area contributed by atoms with Gasteiger partial charge in [0.05, 0.1) is 18.6 Å². The van der Waals surface area contributed by atoms with Gasteiger partial charge in [-0.15, -0.1) is 10.2 Å². The maximum absolute atomic E-state index is 12.3. The van der Waals surface area contributed by atoms with Crippen LogP contribution >= 0.6 is 11.8 Å². The number of carbonyl (C=O) groups is 1. The van der Waals surface area contributed by atoms with Crippen LogP contribution in [0, 0.1) is 0 Å². The molecule has 1 heterocycles. The number of hydrogen-bond acceptors (Lipinski definition) is 8. The lowest BCUT2D eigenvalue weighted by atomic mass is 9.99. The summed E-state index contributed by atoms with van der Waals surface area (Å²) in [5.41, 5.74) is 6.50. The Morgan fingerprint density at radius 3 is 2.52 bits per heavy atom. The average Bonchev–Trinajstić information content (AvgIpc) is 3.20. The molecule has 0 radical (unpaired) electrons. The number of methoxy groups -OCH3 is 1. The highest BCUT2D eigenvalue weighted by Gasteiger charge is 2.13. The zero-order valence-electron chi connectivity index (χ0n) is 19.2. The molecule has 4 N–H and O–H groups in total. The number of nitrogens with one attached hydrogen (secondary N) is 2. The minimum atomic E-state index is -0.151. The molecule has 33 heavy (non-hydrogen) atoms. The summed E-state index contributed by atoms with van der Waals surface area (Å²) in [5, 5.41) is 15.6. The summed E-state index contributed by atoms with van der Waals surface area (Å²) in [7, 11) is 1.62. The predicted octanol–water partition coefficient (Wildman–Crippen LogP) is 4.08. The number of amides is 1. The van der Waals surface area contributed by atoms with Crippen molar-refractivity contribution in [2.24, 2.45) is 5.10 Å². The molecule has 174 valence electrons. The Balaban J connectivity index is 1.53. The van der Waals surface area contributed by atoms with E-state index in [1.807, 2.05) is 55.5 Å². The van der Waals surface area contributed by atoms with E-state index in [2.05, 4.69) is 39.9 Å². The molecule has 0 saturated carbocycles. The first-order chi connectivity index (χ1) is 15.9. The van der Waals surface area contributed by atoms with E-state index in [9.17, 15) is 4.79 Å². The number of ether oxygens (including phenoxy) is 1. The van der Waals surface area contributed by atoms with Crippen molar-refractivity contribution in [2.45, 2.75) is 38.3 Å². The van der Waals surface area contributed by atoms with E-state index < -0.39 is 0 Å². The number of hydrogen-bond donors (Lipinski definition) is 3. The summed E-state index contributed by atoms with van der Waals surface area (Å²) in [6.07, 6.45) is 1.07. The predicted molar refractivity (Wildman–Crippen MR) is 134 cm³/mol. The molecule has 0 aliphatic heterocycles. The molecule has 1 amide bonds. The van der Waals surface area contributed by atoms with Crippen molar-refractivity contribution in [1.29, 1.82) is 0 Å². The third kappa shape index (κ3) is 6.48. The first-order valence-corrected chi connectivity index (χ1v) is 11.6. The van der Waals surface area contributed by atoms with Crippen molar-refractivity contribution in [3.63, 3.8) is 0 Å². The second-order valence-electron chi connectivity index (χ2n) is 7.48. The van der Waals surface area contributed by atoms with Gasteiger partial charge in [0.1, 0.15) is 5.75 Å². The minimum Gasteiger partial charge on any atom is -0.497 e. The Labute approximate surface area is 197 Å². The molecule has 2 aromatic carbocycles. The number of aromatic nitrogens is 3. The van der Waals surface area contributed by atoms with Crippen molar-refractivity contribution in [3.8, 4) is 5.75 Å². The number of nitrogens with two attached hydrogens (primary N) is 1. The van der Waals surface area contributed by atoms with Crippen LogP contribution in [0.5, 0.6) is 5.75 Å². The van der Waals surface area contributed by atoms with Crippen LogP contribution in [0.15, 0.2) is 58.8 Å². The van der Waals surface area contributed by atoms with Gasteiger partial charge in [-0.3, -0.25) is 4.79 Å². The fourth-order valence-corrected chi connectivity index (χ4v) is 3.60. The number of anilines is 2. The molecule has 1 aromatic heterocycles. The first-order valence-electron chi connectivity index (χ1n) is 10.6. The fourth-order valence-electron chi connectivity index (χ4n) is 2.94. The summed E-state index contributed by atoms with van der Waals surface area (Å²) < 4.78 is 6.43. The van der Waals surface area contributed by atoms with Gasteiger partial charge in [0.15, 0.2) is 0 Å². The third-order valence-corrected chi connectivity index (χ3v) is 6.15. The van der Waals surface area contributed by atoms with Crippen LogP contribution in [0.4, 0.5) is 11.6 Å². The Kier molecular flexibility index (Phi) is 8.31. The molecule has 0 aliphatic rings. The molecular formula is C23H29N7O2S. The second kappa shape index (κ2) is 11.4. The van der Waals surface area contributed by atoms with Crippen LogP contribution < -0.4 is 21.3 Å². The number of benzene rings is 2. The Morgan fingerprint density at radius 2 is 1.88 bits per heavy atom. The molecule has 3 rings (SSSR count). The van der Waals surface area contributed by atoms with E-state index in [0.29, 0.717) is 11.1 Å². The zero-order chi connectivity index (χ0) is 23.8. The highest BCUT2D eigenvalue weighted by atomic mass is 32.2. The Morgan fingerprint density at radius 1 is 1.18 bits per heavy atom. The van der Waals surface area contributed by atoms with Crippen LogP contribution in [0.2, 0.25) is 0 Å². The molecule has 0 saturated heterocycles. The number of nitrogens with zero attached hydrogens (tertiary/aromatic N) is 4. The summed E-state index contributed by atoms with van der Waals surface area (Å²) in [4.78, 5) is 12.3. The van der Waals surface area contributed by atoms with Crippen LogP contribution in [0.1, 0.15) is 44.2 Å². The highest BCUT2D eigenvalue weighted by Crippen LogP contribution is 2.21. The summed E-state index contributed by atoms with van der Waals surface area (Å²) in [6.45, 7) is 6.20. The molecule has 0 aliphatic carbocycles. The van der Waals surface area contributed by atoms with Crippen LogP contribution in [-0.4, -0.2) is 39.4 Å². The van der Waals surface area contributed by atoms with E-state index in [4.69, 9.17) is 10.6 Å². The Hall–Kier alpha value is -3.53. The van der Waals surface area contributed by atoms with Gasteiger partial charge in [0.25, 0.3) is 5.95 Å². The number of hydrazone groups is 1. The van der Waals surface area contributed by atoms with Gasteiger partial charge >= 0.3 is 0 Å². The summed E-state index contributed by atoms with van der Waals surface area (Å²) in [6, 6.07) is 15.5. The van der Waals surface area contributed by atoms with Gasteiger partial charge in [-0.25, -0.2) is 10.1 Å².